The van der Waals surface area contributed by atoms with Crippen molar-refractivity contribution in [2.75, 3.05) is 13.1 Å². The Bertz CT molecular complexity index is 327. The molecule has 4 heteroatoms. The van der Waals surface area contributed by atoms with Crippen LogP contribution < -0.4 is 10.6 Å². The van der Waals surface area contributed by atoms with Gasteiger partial charge in [0, 0.05) is 25.5 Å². The maximum absolute atomic E-state index is 11.4. The second-order valence-corrected chi connectivity index (χ2v) is 4.26. The maximum Gasteiger partial charge on any atom is 0.314 e. The number of carbonyl (C=O) groups is 1. The lowest BCUT2D eigenvalue weighted by molar-refractivity contribution is 0.239. The summed E-state index contributed by atoms with van der Waals surface area (Å²) in [5, 5.41) is 5.70. The summed E-state index contributed by atoms with van der Waals surface area (Å²) < 4.78 is 0. The normalized spacial score (nSPS) is 11.9. The largest absolute Gasteiger partial charge is 0.338 e. The van der Waals surface area contributed by atoms with Crippen LogP contribution in [-0.4, -0.2) is 24.1 Å². The van der Waals surface area contributed by atoms with Crippen LogP contribution in [-0.2, 0) is 6.42 Å². The zero-order chi connectivity index (χ0) is 12.5. The number of amides is 2. The molecular weight excluding hydrogens is 214 g/mol. The van der Waals surface area contributed by atoms with Gasteiger partial charge in [0.05, 0.1) is 0 Å². The first-order chi connectivity index (χ1) is 8.22. The number of nitrogens with zero attached hydrogens (tertiary/aromatic N) is 1. The molecule has 1 aromatic heterocycles. The van der Waals surface area contributed by atoms with E-state index in [-0.39, 0.29) is 6.03 Å². The number of nitrogens with one attached hydrogen (secondary N) is 2. The van der Waals surface area contributed by atoms with Gasteiger partial charge in [0.15, 0.2) is 0 Å². The number of pyridine rings is 1. The third kappa shape index (κ3) is 5.90. The molecule has 1 aromatic rings. The van der Waals surface area contributed by atoms with Gasteiger partial charge in [-0.25, -0.2) is 4.79 Å². The summed E-state index contributed by atoms with van der Waals surface area (Å²) in [6, 6.07) is 3.83. The molecule has 2 N–H and O–H groups in total. The van der Waals surface area contributed by atoms with Gasteiger partial charge >= 0.3 is 6.03 Å². The molecule has 0 radical (unpaired) electrons. The van der Waals surface area contributed by atoms with Gasteiger partial charge in [0.25, 0.3) is 0 Å². The zero-order valence-electron chi connectivity index (χ0n) is 10.6. The van der Waals surface area contributed by atoms with E-state index in [0.29, 0.717) is 12.5 Å². The molecule has 1 atom stereocenters. The highest BCUT2D eigenvalue weighted by Crippen LogP contribution is 1.97. The first kappa shape index (κ1) is 13.5. The molecule has 1 heterocycles. The molecule has 0 aromatic carbocycles. The number of hydrogen-bond acceptors (Lipinski definition) is 2. The maximum atomic E-state index is 11.4. The zero-order valence-corrected chi connectivity index (χ0v) is 10.6. The molecule has 0 bridgehead atoms. The first-order valence-electron chi connectivity index (χ1n) is 6.13. The van der Waals surface area contributed by atoms with E-state index in [2.05, 4.69) is 29.5 Å². The minimum Gasteiger partial charge on any atom is -0.338 e. The average Bonchev–Trinajstić information content (AvgIpc) is 2.37. The van der Waals surface area contributed by atoms with Crippen LogP contribution in [0.5, 0.6) is 0 Å². The first-order valence-corrected chi connectivity index (χ1v) is 6.13. The summed E-state index contributed by atoms with van der Waals surface area (Å²) in [6.07, 6.45) is 5.44. The lowest BCUT2D eigenvalue weighted by Crippen LogP contribution is -2.38. The summed E-state index contributed by atoms with van der Waals surface area (Å²) in [5.74, 6) is 0.529. The van der Waals surface area contributed by atoms with Crippen molar-refractivity contribution in [2.45, 2.75) is 26.7 Å². The van der Waals surface area contributed by atoms with Crippen LogP contribution in [0.1, 0.15) is 25.8 Å². The molecule has 0 aliphatic carbocycles. The van der Waals surface area contributed by atoms with Crippen LogP contribution in [0.25, 0.3) is 0 Å². The van der Waals surface area contributed by atoms with Crippen molar-refractivity contribution in [1.82, 2.24) is 15.6 Å². The van der Waals surface area contributed by atoms with Gasteiger partial charge in [0.1, 0.15) is 0 Å². The molecular formula is C13H21N3O. The number of rotatable bonds is 6. The van der Waals surface area contributed by atoms with Gasteiger partial charge in [-0.1, -0.05) is 20.3 Å². The predicted molar refractivity (Wildman–Crippen MR) is 68.8 cm³/mol. The molecule has 0 saturated heterocycles. The van der Waals surface area contributed by atoms with E-state index in [0.717, 1.165) is 19.4 Å². The monoisotopic (exact) mass is 235 g/mol. The SMILES string of the molecule is CCC(C)CNC(=O)NCCc1ccncc1. The molecule has 0 aliphatic heterocycles. The lowest BCUT2D eigenvalue weighted by atomic mass is 10.1. The molecule has 1 unspecified atom stereocenters. The minimum atomic E-state index is -0.0839. The summed E-state index contributed by atoms with van der Waals surface area (Å²) in [5.41, 5.74) is 1.18. The highest BCUT2D eigenvalue weighted by molar-refractivity contribution is 5.73. The predicted octanol–water partition coefficient (Wildman–Crippen LogP) is 1.97. The fraction of sp³-hybridized carbons (Fsp3) is 0.538. The van der Waals surface area contributed by atoms with Gasteiger partial charge in [-0.05, 0) is 30.0 Å². The smallest absolute Gasteiger partial charge is 0.314 e. The molecule has 0 fully saturated rings. The summed E-state index contributed by atoms with van der Waals surface area (Å²) in [4.78, 5) is 15.4. The summed E-state index contributed by atoms with van der Waals surface area (Å²) >= 11 is 0. The van der Waals surface area contributed by atoms with Crippen molar-refractivity contribution >= 4 is 6.03 Å². The van der Waals surface area contributed by atoms with Crippen LogP contribution >= 0.6 is 0 Å². The van der Waals surface area contributed by atoms with Gasteiger partial charge in [-0.3, -0.25) is 4.98 Å². The quantitative estimate of drug-likeness (QED) is 0.792. The van der Waals surface area contributed by atoms with Crippen molar-refractivity contribution < 1.29 is 4.79 Å². The van der Waals surface area contributed by atoms with E-state index >= 15 is 0 Å². The van der Waals surface area contributed by atoms with Crippen molar-refractivity contribution in [3.63, 3.8) is 0 Å². The van der Waals surface area contributed by atoms with E-state index in [1.165, 1.54) is 5.56 Å². The van der Waals surface area contributed by atoms with Gasteiger partial charge in [-0.15, -0.1) is 0 Å². The third-order valence-corrected chi connectivity index (χ3v) is 2.76. The number of aromatic nitrogens is 1. The molecule has 1 rings (SSSR count). The van der Waals surface area contributed by atoms with E-state index < -0.39 is 0 Å². The molecule has 2 amide bonds. The van der Waals surface area contributed by atoms with E-state index in [1.807, 2.05) is 12.1 Å². The minimum absolute atomic E-state index is 0.0839. The van der Waals surface area contributed by atoms with E-state index in [4.69, 9.17) is 0 Å². The molecule has 94 valence electrons. The standard InChI is InChI=1S/C13H21N3O/c1-3-11(2)10-16-13(17)15-9-6-12-4-7-14-8-5-12/h4-5,7-8,11H,3,6,9-10H2,1-2H3,(H2,15,16,17). The van der Waals surface area contributed by atoms with Crippen LogP contribution in [0.3, 0.4) is 0 Å². The Morgan fingerprint density at radius 1 is 1.35 bits per heavy atom. The number of carbonyl (C=O) groups excluding carboxylic acids is 1. The topological polar surface area (TPSA) is 54.0 Å². The van der Waals surface area contributed by atoms with Crippen molar-refractivity contribution in [2.24, 2.45) is 5.92 Å². The van der Waals surface area contributed by atoms with E-state index in [1.54, 1.807) is 12.4 Å². The van der Waals surface area contributed by atoms with Gasteiger partial charge < -0.3 is 10.6 Å². The second kappa shape index (κ2) is 7.65. The molecule has 4 nitrogen and oxygen atoms in total. The Morgan fingerprint density at radius 3 is 2.71 bits per heavy atom. The Balaban J connectivity index is 2.12. The van der Waals surface area contributed by atoms with Crippen molar-refractivity contribution in [3.05, 3.63) is 30.1 Å². The van der Waals surface area contributed by atoms with Crippen LogP contribution in [0.4, 0.5) is 4.79 Å². The fourth-order valence-electron chi connectivity index (χ4n) is 1.34. The molecule has 17 heavy (non-hydrogen) atoms. The Morgan fingerprint density at radius 2 is 2.06 bits per heavy atom. The van der Waals surface area contributed by atoms with Crippen LogP contribution in [0.2, 0.25) is 0 Å². The number of hydrogen-bond donors (Lipinski definition) is 2. The highest BCUT2D eigenvalue weighted by Gasteiger charge is 2.02. The molecule has 0 saturated carbocycles. The fourth-order valence-corrected chi connectivity index (χ4v) is 1.34. The molecule has 0 aliphatic rings. The van der Waals surface area contributed by atoms with Crippen LogP contribution in [0.15, 0.2) is 24.5 Å². The highest BCUT2D eigenvalue weighted by atomic mass is 16.2. The van der Waals surface area contributed by atoms with Gasteiger partial charge in [0.2, 0.25) is 0 Å². The third-order valence-electron chi connectivity index (χ3n) is 2.76. The van der Waals surface area contributed by atoms with Crippen molar-refractivity contribution in [1.29, 1.82) is 0 Å². The Labute approximate surface area is 103 Å². The Hall–Kier alpha value is -1.58. The summed E-state index contributed by atoms with van der Waals surface area (Å²) in [6.45, 7) is 5.62. The second-order valence-electron chi connectivity index (χ2n) is 4.26. The lowest BCUT2D eigenvalue weighted by Gasteiger charge is -2.11. The molecule has 0 spiro atoms. The van der Waals surface area contributed by atoms with Crippen LogP contribution in [0, 0.1) is 5.92 Å². The Kier molecular flexibility index (Phi) is 6.07. The average molecular weight is 235 g/mol. The van der Waals surface area contributed by atoms with Gasteiger partial charge in [-0.2, -0.15) is 0 Å². The van der Waals surface area contributed by atoms with Crippen molar-refractivity contribution in [3.8, 4) is 0 Å². The summed E-state index contributed by atoms with van der Waals surface area (Å²) in [7, 11) is 0. The van der Waals surface area contributed by atoms with E-state index in [9.17, 15) is 4.79 Å². The number of urea groups is 1.